The average molecular weight is 218 g/mol. The summed E-state index contributed by atoms with van der Waals surface area (Å²) in [6.45, 7) is 0. The summed E-state index contributed by atoms with van der Waals surface area (Å²) in [5.41, 5.74) is 7.26. The van der Waals surface area contributed by atoms with Crippen LogP contribution >= 0.6 is 11.3 Å². The molecule has 0 aliphatic heterocycles. The van der Waals surface area contributed by atoms with Gasteiger partial charge in [0.05, 0.1) is 0 Å². The van der Waals surface area contributed by atoms with Gasteiger partial charge in [0, 0.05) is 23.3 Å². The van der Waals surface area contributed by atoms with Crippen LogP contribution in [0.1, 0.15) is 22.9 Å². The fourth-order valence-electron chi connectivity index (χ4n) is 1.53. The van der Waals surface area contributed by atoms with Crippen LogP contribution in [0, 0.1) is 0 Å². The second kappa shape index (κ2) is 5.05. The highest BCUT2D eigenvalue weighted by molar-refractivity contribution is 7.09. The maximum Gasteiger partial charge on any atom is 0.0299 e. The van der Waals surface area contributed by atoms with Crippen LogP contribution in [-0.2, 0) is 6.42 Å². The molecule has 2 N–H and O–H groups in total. The molecule has 3 heteroatoms. The Bertz CT molecular complexity index is 383. The number of rotatable bonds is 4. The van der Waals surface area contributed by atoms with E-state index in [4.69, 9.17) is 5.73 Å². The number of pyridine rings is 1. The Morgan fingerprint density at radius 3 is 2.73 bits per heavy atom. The minimum absolute atomic E-state index is 0.120. The van der Waals surface area contributed by atoms with Crippen LogP contribution in [0.15, 0.2) is 42.0 Å². The predicted molar refractivity (Wildman–Crippen MR) is 63.8 cm³/mol. The van der Waals surface area contributed by atoms with Gasteiger partial charge in [0.2, 0.25) is 0 Å². The van der Waals surface area contributed by atoms with Gasteiger partial charge in [0.1, 0.15) is 0 Å². The Morgan fingerprint density at radius 2 is 2.07 bits per heavy atom. The lowest BCUT2D eigenvalue weighted by molar-refractivity contribution is 0.654. The first kappa shape index (κ1) is 10.3. The fraction of sp³-hybridized carbons (Fsp3) is 0.250. The lowest BCUT2D eigenvalue weighted by atomic mass is 10.0. The van der Waals surface area contributed by atoms with Crippen LogP contribution in [0.5, 0.6) is 0 Å². The van der Waals surface area contributed by atoms with Crippen LogP contribution in [-0.4, -0.2) is 4.98 Å². The number of aromatic nitrogens is 1. The van der Waals surface area contributed by atoms with Crippen molar-refractivity contribution in [2.75, 3.05) is 0 Å². The van der Waals surface area contributed by atoms with Crippen molar-refractivity contribution in [3.8, 4) is 0 Å². The monoisotopic (exact) mass is 218 g/mol. The third-order valence-electron chi connectivity index (χ3n) is 2.42. The van der Waals surface area contributed by atoms with E-state index in [1.807, 2.05) is 12.1 Å². The lowest BCUT2D eigenvalue weighted by Gasteiger charge is -2.10. The van der Waals surface area contributed by atoms with E-state index >= 15 is 0 Å². The van der Waals surface area contributed by atoms with E-state index in [1.165, 1.54) is 10.4 Å². The molecule has 0 aromatic carbocycles. The molecule has 2 rings (SSSR count). The van der Waals surface area contributed by atoms with E-state index in [0.717, 1.165) is 12.8 Å². The number of nitrogens with two attached hydrogens (primary N) is 1. The molecule has 0 aliphatic carbocycles. The first-order valence-electron chi connectivity index (χ1n) is 5.04. The van der Waals surface area contributed by atoms with E-state index in [-0.39, 0.29) is 6.04 Å². The fourth-order valence-corrected chi connectivity index (χ4v) is 2.25. The second-order valence-corrected chi connectivity index (χ2v) is 4.54. The Labute approximate surface area is 93.8 Å². The molecule has 0 fully saturated rings. The van der Waals surface area contributed by atoms with Gasteiger partial charge in [-0.25, -0.2) is 0 Å². The molecule has 2 aromatic rings. The molecule has 0 spiro atoms. The van der Waals surface area contributed by atoms with Crippen molar-refractivity contribution in [3.63, 3.8) is 0 Å². The molecule has 0 amide bonds. The highest BCUT2D eigenvalue weighted by Gasteiger charge is 2.05. The average Bonchev–Trinajstić information content (AvgIpc) is 2.80. The zero-order valence-corrected chi connectivity index (χ0v) is 9.28. The molecule has 0 aliphatic rings. The van der Waals surface area contributed by atoms with E-state index < -0.39 is 0 Å². The molecule has 0 saturated carbocycles. The second-order valence-electron chi connectivity index (χ2n) is 3.51. The summed E-state index contributed by atoms with van der Waals surface area (Å²) >= 11 is 1.79. The maximum atomic E-state index is 6.09. The highest BCUT2D eigenvalue weighted by atomic mass is 32.1. The number of aryl methyl sites for hydroxylation is 1. The minimum atomic E-state index is 0.120. The van der Waals surface area contributed by atoms with Gasteiger partial charge in [-0.05, 0) is 42.0 Å². The lowest BCUT2D eigenvalue weighted by Crippen LogP contribution is -2.10. The van der Waals surface area contributed by atoms with Crippen LogP contribution in [0.4, 0.5) is 0 Å². The predicted octanol–water partition coefficient (Wildman–Crippen LogP) is 2.78. The van der Waals surface area contributed by atoms with Crippen molar-refractivity contribution < 1.29 is 0 Å². The Balaban J connectivity index is 1.90. The summed E-state index contributed by atoms with van der Waals surface area (Å²) in [5, 5.41) is 2.10. The topological polar surface area (TPSA) is 38.9 Å². The van der Waals surface area contributed by atoms with Crippen LogP contribution in [0.3, 0.4) is 0 Å². The van der Waals surface area contributed by atoms with E-state index in [9.17, 15) is 0 Å². The summed E-state index contributed by atoms with van der Waals surface area (Å²) in [7, 11) is 0. The van der Waals surface area contributed by atoms with Crippen LogP contribution in [0.25, 0.3) is 0 Å². The molecule has 15 heavy (non-hydrogen) atoms. The zero-order valence-electron chi connectivity index (χ0n) is 8.47. The van der Waals surface area contributed by atoms with Crippen molar-refractivity contribution in [2.24, 2.45) is 5.73 Å². The molecule has 0 bridgehead atoms. The van der Waals surface area contributed by atoms with Crippen molar-refractivity contribution in [2.45, 2.75) is 18.9 Å². The Morgan fingerprint density at radius 1 is 1.27 bits per heavy atom. The van der Waals surface area contributed by atoms with E-state index in [0.29, 0.717) is 0 Å². The first-order chi connectivity index (χ1) is 7.36. The molecule has 2 heterocycles. The number of hydrogen-bond donors (Lipinski definition) is 1. The maximum absolute atomic E-state index is 6.09. The SMILES string of the molecule is NC(CCc1cccs1)c1ccncc1. The Hall–Kier alpha value is -1.19. The summed E-state index contributed by atoms with van der Waals surface area (Å²) < 4.78 is 0. The van der Waals surface area contributed by atoms with Crippen LogP contribution in [0.2, 0.25) is 0 Å². The minimum Gasteiger partial charge on any atom is -0.324 e. The van der Waals surface area contributed by atoms with Gasteiger partial charge >= 0.3 is 0 Å². The number of hydrogen-bond acceptors (Lipinski definition) is 3. The van der Waals surface area contributed by atoms with E-state index in [1.54, 1.807) is 23.7 Å². The number of thiophene rings is 1. The van der Waals surface area contributed by atoms with Gasteiger partial charge in [0.15, 0.2) is 0 Å². The van der Waals surface area contributed by atoms with Gasteiger partial charge in [-0.15, -0.1) is 11.3 Å². The quantitative estimate of drug-likeness (QED) is 0.857. The summed E-state index contributed by atoms with van der Waals surface area (Å²) in [6.07, 6.45) is 5.63. The third-order valence-corrected chi connectivity index (χ3v) is 3.35. The van der Waals surface area contributed by atoms with Gasteiger partial charge in [-0.1, -0.05) is 6.07 Å². The summed E-state index contributed by atoms with van der Waals surface area (Å²) in [4.78, 5) is 5.39. The molecule has 2 nitrogen and oxygen atoms in total. The van der Waals surface area contributed by atoms with Gasteiger partial charge < -0.3 is 5.73 Å². The van der Waals surface area contributed by atoms with Crippen LogP contribution < -0.4 is 5.73 Å². The molecular formula is C12H14N2S. The summed E-state index contributed by atoms with van der Waals surface area (Å²) in [6, 6.07) is 8.33. The van der Waals surface area contributed by atoms with Crippen molar-refractivity contribution in [1.29, 1.82) is 0 Å². The third kappa shape index (κ3) is 2.88. The van der Waals surface area contributed by atoms with Crippen molar-refractivity contribution in [1.82, 2.24) is 4.98 Å². The van der Waals surface area contributed by atoms with Gasteiger partial charge in [-0.3, -0.25) is 4.98 Å². The Kier molecular flexibility index (Phi) is 3.48. The standard InChI is InChI=1S/C12H14N2S/c13-12(10-5-7-14-8-6-10)4-3-11-2-1-9-15-11/h1-2,5-9,12H,3-4,13H2. The van der Waals surface area contributed by atoms with E-state index in [2.05, 4.69) is 22.5 Å². The molecular weight excluding hydrogens is 204 g/mol. The summed E-state index contributed by atoms with van der Waals surface area (Å²) in [5.74, 6) is 0. The normalized spacial score (nSPS) is 12.6. The van der Waals surface area contributed by atoms with Gasteiger partial charge in [-0.2, -0.15) is 0 Å². The molecule has 1 atom stereocenters. The largest absolute Gasteiger partial charge is 0.324 e. The van der Waals surface area contributed by atoms with Crippen molar-refractivity contribution >= 4 is 11.3 Å². The first-order valence-corrected chi connectivity index (χ1v) is 5.92. The zero-order chi connectivity index (χ0) is 10.5. The van der Waals surface area contributed by atoms with Gasteiger partial charge in [0.25, 0.3) is 0 Å². The highest BCUT2D eigenvalue weighted by Crippen LogP contribution is 2.18. The molecule has 0 radical (unpaired) electrons. The smallest absolute Gasteiger partial charge is 0.0299 e. The molecule has 2 aromatic heterocycles. The molecule has 78 valence electrons. The van der Waals surface area contributed by atoms with Crippen molar-refractivity contribution in [3.05, 3.63) is 52.5 Å². The number of nitrogens with zero attached hydrogens (tertiary/aromatic N) is 1. The molecule has 0 saturated heterocycles. The molecule has 1 unspecified atom stereocenters.